The van der Waals surface area contributed by atoms with Crippen LogP contribution in [-0.2, 0) is 0 Å². The van der Waals surface area contributed by atoms with E-state index in [1.54, 1.807) is 49.4 Å². The summed E-state index contributed by atoms with van der Waals surface area (Å²) in [6, 6.07) is 14.9. The minimum Gasteiger partial charge on any atom is -0.491 e. The lowest BCUT2D eigenvalue weighted by Crippen LogP contribution is -1.98. The van der Waals surface area contributed by atoms with Crippen LogP contribution in [0.25, 0.3) is 29.4 Å². The Kier molecular flexibility index (Phi) is 6.55. The van der Waals surface area contributed by atoms with Crippen molar-refractivity contribution >= 4 is 18.2 Å². The highest BCUT2D eigenvalue weighted by atomic mass is 19.2. The minimum absolute atomic E-state index is 0.101. The predicted molar refractivity (Wildman–Crippen MR) is 113 cm³/mol. The standard InChI is InChI=1S/C25H21F3O/c1-3-5-18-9-13-20(22(26)16-18)12-8-17-6-10-19(11-7-17)21-14-15-23(29-4-2)25(28)24(21)27/h3,5-16H,4H2,1-2H3. The molecule has 0 fully saturated rings. The molecule has 148 valence electrons. The van der Waals surface area contributed by atoms with E-state index in [2.05, 4.69) is 0 Å². The fourth-order valence-corrected chi connectivity index (χ4v) is 2.96. The molecule has 29 heavy (non-hydrogen) atoms. The van der Waals surface area contributed by atoms with Crippen LogP contribution < -0.4 is 4.74 Å². The first-order valence-electron chi connectivity index (χ1n) is 9.35. The lowest BCUT2D eigenvalue weighted by atomic mass is 10.0. The maximum atomic E-state index is 14.4. The molecule has 3 aromatic rings. The molecule has 4 heteroatoms. The van der Waals surface area contributed by atoms with Crippen LogP contribution in [0.5, 0.6) is 5.75 Å². The molecular formula is C25H21F3O. The first-order valence-corrected chi connectivity index (χ1v) is 9.35. The van der Waals surface area contributed by atoms with E-state index >= 15 is 0 Å². The van der Waals surface area contributed by atoms with Gasteiger partial charge in [-0.15, -0.1) is 0 Å². The number of hydrogen-bond donors (Lipinski definition) is 0. The van der Waals surface area contributed by atoms with Gasteiger partial charge in [-0.05, 0) is 48.7 Å². The third kappa shape index (κ3) is 4.77. The van der Waals surface area contributed by atoms with Crippen molar-refractivity contribution in [3.8, 4) is 16.9 Å². The number of benzene rings is 3. The van der Waals surface area contributed by atoms with Gasteiger partial charge in [-0.2, -0.15) is 4.39 Å². The van der Waals surface area contributed by atoms with E-state index in [4.69, 9.17) is 4.74 Å². The van der Waals surface area contributed by atoms with Crippen molar-refractivity contribution in [3.05, 3.63) is 94.8 Å². The van der Waals surface area contributed by atoms with Gasteiger partial charge in [-0.1, -0.05) is 60.7 Å². The summed E-state index contributed by atoms with van der Waals surface area (Å²) in [5, 5.41) is 0. The Hall–Kier alpha value is -3.27. The van der Waals surface area contributed by atoms with Gasteiger partial charge < -0.3 is 4.74 Å². The van der Waals surface area contributed by atoms with Gasteiger partial charge in [0.2, 0.25) is 5.82 Å². The van der Waals surface area contributed by atoms with Gasteiger partial charge in [0.05, 0.1) is 6.61 Å². The normalized spacial score (nSPS) is 11.5. The molecule has 3 aromatic carbocycles. The molecule has 0 radical (unpaired) electrons. The fraction of sp³-hybridized carbons (Fsp3) is 0.120. The average molecular weight is 394 g/mol. The summed E-state index contributed by atoms with van der Waals surface area (Å²) >= 11 is 0. The van der Waals surface area contributed by atoms with Crippen molar-refractivity contribution < 1.29 is 17.9 Å². The Morgan fingerprint density at radius 2 is 1.52 bits per heavy atom. The SMILES string of the molecule is CC=Cc1ccc(C=Cc2ccc(-c3ccc(OCC)c(F)c3F)cc2)c(F)c1. The van der Waals surface area contributed by atoms with E-state index in [0.717, 1.165) is 11.1 Å². The zero-order valence-electron chi connectivity index (χ0n) is 16.3. The van der Waals surface area contributed by atoms with Crippen LogP contribution in [0.3, 0.4) is 0 Å². The Bertz CT molecular complexity index is 1050. The third-order valence-electron chi connectivity index (χ3n) is 4.41. The Labute approximate surface area is 168 Å². The molecule has 1 nitrogen and oxygen atoms in total. The summed E-state index contributed by atoms with van der Waals surface area (Å²) in [7, 11) is 0. The Morgan fingerprint density at radius 3 is 2.17 bits per heavy atom. The molecule has 3 rings (SSSR count). The van der Waals surface area contributed by atoms with E-state index in [1.807, 2.05) is 25.1 Å². The monoisotopic (exact) mass is 394 g/mol. The van der Waals surface area contributed by atoms with Crippen LogP contribution in [-0.4, -0.2) is 6.61 Å². The van der Waals surface area contributed by atoms with Gasteiger partial charge in [0.1, 0.15) is 5.82 Å². The molecule has 0 unspecified atom stereocenters. The van der Waals surface area contributed by atoms with Crippen LogP contribution in [0.2, 0.25) is 0 Å². The predicted octanol–water partition coefficient (Wildman–Crippen LogP) is 7.37. The third-order valence-corrected chi connectivity index (χ3v) is 4.41. The van der Waals surface area contributed by atoms with Crippen molar-refractivity contribution in [2.75, 3.05) is 6.61 Å². The second kappa shape index (κ2) is 9.28. The Balaban J connectivity index is 1.81. The molecule has 0 saturated heterocycles. The molecule has 0 aliphatic heterocycles. The molecular weight excluding hydrogens is 373 g/mol. The van der Waals surface area contributed by atoms with E-state index < -0.39 is 11.6 Å². The minimum atomic E-state index is -0.995. The van der Waals surface area contributed by atoms with Gasteiger partial charge in [0.15, 0.2) is 11.6 Å². The smallest absolute Gasteiger partial charge is 0.201 e. The number of allylic oxidation sites excluding steroid dienone is 1. The second-order valence-electron chi connectivity index (χ2n) is 6.41. The van der Waals surface area contributed by atoms with Crippen molar-refractivity contribution in [1.82, 2.24) is 0 Å². The highest BCUT2D eigenvalue weighted by Gasteiger charge is 2.15. The summed E-state index contributed by atoms with van der Waals surface area (Å²) in [6.07, 6.45) is 7.14. The largest absolute Gasteiger partial charge is 0.491 e. The van der Waals surface area contributed by atoms with Gasteiger partial charge in [0, 0.05) is 11.1 Å². The summed E-state index contributed by atoms with van der Waals surface area (Å²) in [6.45, 7) is 3.85. The maximum Gasteiger partial charge on any atom is 0.201 e. The number of ether oxygens (including phenoxy) is 1. The van der Waals surface area contributed by atoms with Gasteiger partial charge in [-0.3, -0.25) is 0 Å². The zero-order chi connectivity index (χ0) is 20.8. The molecule has 0 aliphatic carbocycles. The highest BCUT2D eigenvalue weighted by molar-refractivity contribution is 5.73. The van der Waals surface area contributed by atoms with Crippen LogP contribution >= 0.6 is 0 Å². The van der Waals surface area contributed by atoms with Crippen LogP contribution in [0, 0.1) is 17.5 Å². The number of hydrogen-bond acceptors (Lipinski definition) is 1. The van der Waals surface area contributed by atoms with E-state index in [-0.39, 0.29) is 23.7 Å². The topological polar surface area (TPSA) is 9.23 Å². The van der Waals surface area contributed by atoms with Crippen LogP contribution in [0.4, 0.5) is 13.2 Å². The highest BCUT2D eigenvalue weighted by Crippen LogP contribution is 2.30. The maximum absolute atomic E-state index is 14.4. The summed E-state index contributed by atoms with van der Waals surface area (Å²) < 4.78 is 47.7. The summed E-state index contributed by atoms with van der Waals surface area (Å²) in [5.41, 5.74) is 2.80. The lowest BCUT2D eigenvalue weighted by molar-refractivity contribution is 0.314. The molecule has 0 aromatic heterocycles. The quantitative estimate of drug-likeness (QED) is 0.397. The first kappa shape index (κ1) is 20.5. The molecule has 0 saturated carbocycles. The zero-order valence-corrected chi connectivity index (χ0v) is 16.3. The number of halogens is 3. The van der Waals surface area contributed by atoms with Crippen molar-refractivity contribution in [1.29, 1.82) is 0 Å². The molecule has 0 amide bonds. The van der Waals surface area contributed by atoms with E-state index in [0.29, 0.717) is 11.1 Å². The van der Waals surface area contributed by atoms with E-state index in [1.165, 1.54) is 18.2 Å². The number of rotatable bonds is 6. The molecule has 0 N–H and O–H groups in total. The Morgan fingerprint density at radius 1 is 0.793 bits per heavy atom. The van der Waals surface area contributed by atoms with Gasteiger partial charge in [0.25, 0.3) is 0 Å². The van der Waals surface area contributed by atoms with Crippen molar-refractivity contribution in [2.45, 2.75) is 13.8 Å². The average Bonchev–Trinajstić information content (AvgIpc) is 2.72. The molecule has 0 spiro atoms. The van der Waals surface area contributed by atoms with E-state index in [9.17, 15) is 13.2 Å². The lowest BCUT2D eigenvalue weighted by Gasteiger charge is -2.09. The molecule has 0 heterocycles. The van der Waals surface area contributed by atoms with Gasteiger partial charge >= 0.3 is 0 Å². The molecule has 0 bridgehead atoms. The van der Waals surface area contributed by atoms with Crippen LogP contribution in [0.15, 0.2) is 60.7 Å². The first-order chi connectivity index (χ1) is 14.0. The summed E-state index contributed by atoms with van der Waals surface area (Å²) in [5.74, 6) is -2.34. The second-order valence-corrected chi connectivity index (χ2v) is 6.41. The fourth-order valence-electron chi connectivity index (χ4n) is 2.96. The molecule has 0 atom stereocenters. The van der Waals surface area contributed by atoms with Crippen LogP contribution in [0.1, 0.15) is 30.5 Å². The van der Waals surface area contributed by atoms with Crippen molar-refractivity contribution in [2.24, 2.45) is 0 Å². The molecule has 0 aliphatic rings. The summed E-state index contributed by atoms with van der Waals surface area (Å²) in [4.78, 5) is 0. The van der Waals surface area contributed by atoms with Crippen molar-refractivity contribution in [3.63, 3.8) is 0 Å². The van der Waals surface area contributed by atoms with Gasteiger partial charge in [-0.25, -0.2) is 8.78 Å².